The number of piperazine rings is 1. The molecule has 0 N–H and O–H groups in total. The average Bonchev–Trinajstić information content (AvgIpc) is 2.75. The van der Waals surface area contributed by atoms with Crippen molar-refractivity contribution in [3.63, 3.8) is 0 Å². The fourth-order valence-corrected chi connectivity index (χ4v) is 5.98. The van der Waals surface area contributed by atoms with Crippen molar-refractivity contribution in [2.45, 2.75) is 37.1 Å². The van der Waals surface area contributed by atoms with Crippen LogP contribution in [0.4, 0.5) is 5.82 Å². The summed E-state index contributed by atoms with van der Waals surface area (Å²) in [6, 6.07) is 11.0. The van der Waals surface area contributed by atoms with Gasteiger partial charge in [-0.05, 0) is 45.0 Å². The Labute approximate surface area is 174 Å². The molecule has 3 heterocycles. The summed E-state index contributed by atoms with van der Waals surface area (Å²) in [7, 11) is -1.42. The van der Waals surface area contributed by atoms with E-state index in [2.05, 4.69) is 27.9 Å². The Kier molecular flexibility index (Phi) is 5.90. The molecule has 156 valence electrons. The van der Waals surface area contributed by atoms with Crippen LogP contribution in [0.3, 0.4) is 0 Å². The lowest BCUT2D eigenvalue weighted by Gasteiger charge is -2.39. The summed E-state index contributed by atoms with van der Waals surface area (Å²) in [5.74, 6) is 0.941. The fourth-order valence-electron chi connectivity index (χ4n) is 4.30. The van der Waals surface area contributed by atoms with E-state index in [0.29, 0.717) is 11.4 Å². The molecule has 0 spiro atoms. The Bertz CT molecular complexity index is 938. The minimum atomic E-state index is -3.55. The number of nitrogens with zero attached hydrogens (tertiary/aromatic N) is 4. The van der Waals surface area contributed by atoms with Crippen molar-refractivity contribution in [3.8, 4) is 0 Å². The zero-order chi connectivity index (χ0) is 20.4. The first-order chi connectivity index (χ1) is 14.0. The number of piperidine rings is 1. The molecule has 0 amide bonds. The SMILES string of the molecule is Cc1ccc(S(=O)(=O)N2CCCC[C@@H]2c2cccnc2N2CCN(C)CC2)cc1. The van der Waals surface area contributed by atoms with Crippen molar-refractivity contribution in [2.24, 2.45) is 0 Å². The van der Waals surface area contributed by atoms with E-state index in [1.165, 1.54) is 0 Å². The minimum absolute atomic E-state index is 0.168. The van der Waals surface area contributed by atoms with E-state index >= 15 is 0 Å². The van der Waals surface area contributed by atoms with Crippen LogP contribution in [0.2, 0.25) is 0 Å². The maximum Gasteiger partial charge on any atom is 0.243 e. The van der Waals surface area contributed by atoms with Crippen molar-refractivity contribution in [3.05, 3.63) is 53.7 Å². The van der Waals surface area contributed by atoms with E-state index in [1.54, 1.807) is 16.4 Å². The molecule has 2 aromatic rings. The number of anilines is 1. The third-order valence-electron chi connectivity index (χ3n) is 6.06. The molecule has 2 saturated heterocycles. The van der Waals surface area contributed by atoms with Gasteiger partial charge in [0, 0.05) is 44.5 Å². The Hall–Kier alpha value is -1.96. The smallest absolute Gasteiger partial charge is 0.243 e. The highest BCUT2D eigenvalue weighted by molar-refractivity contribution is 7.89. The van der Waals surface area contributed by atoms with Crippen LogP contribution in [-0.2, 0) is 10.0 Å². The molecule has 0 radical (unpaired) electrons. The van der Waals surface area contributed by atoms with Crippen molar-refractivity contribution in [1.29, 1.82) is 0 Å². The summed E-state index contributed by atoms with van der Waals surface area (Å²) in [4.78, 5) is 9.68. The molecular weight excluding hydrogens is 384 g/mol. The van der Waals surface area contributed by atoms with E-state index in [-0.39, 0.29) is 6.04 Å². The molecule has 0 aliphatic carbocycles. The highest BCUT2D eigenvalue weighted by Crippen LogP contribution is 2.39. The summed E-state index contributed by atoms with van der Waals surface area (Å²) in [5, 5.41) is 0. The van der Waals surface area contributed by atoms with Gasteiger partial charge in [0.25, 0.3) is 0 Å². The Balaban J connectivity index is 1.69. The van der Waals surface area contributed by atoms with Gasteiger partial charge >= 0.3 is 0 Å². The van der Waals surface area contributed by atoms with Crippen LogP contribution in [0.1, 0.15) is 36.4 Å². The van der Waals surface area contributed by atoms with Crippen LogP contribution in [-0.4, -0.2) is 62.4 Å². The van der Waals surface area contributed by atoms with Crippen LogP contribution in [0.15, 0.2) is 47.5 Å². The lowest BCUT2D eigenvalue weighted by atomic mass is 9.97. The van der Waals surface area contributed by atoms with Gasteiger partial charge < -0.3 is 9.80 Å². The second-order valence-electron chi connectivity index (χ2n) is 8.15. The summed E-state index contributed by atoms with van der Waals surface area (Å²) in [6.45, 7) is 6.34. The molecule has 29 heavy (non-hydrogen) atoms. The molecule has 7 heteroatoms. The first kappa shape index (κ1) is 20.3. The lowest BCUT2D eigenvalue weighted by Crippen LogP contribution is -2.46. The van der Waals surface area contributed by atoms with Gasteiger partial charge in [0.15, 0.2) is 0 Å². The van der Waals surface area contributed by atoms with Gasteiger partial charge in [-0.15, -0.1) is 0 Å². The van der Waals surface area contributed by atoms with E-state index in [1.807, 2.05) is 31.3 Å². The van der Waals surface area contributed by atoms with Gasteiger partial charge in [0.1, 0.15) is 5.82 Å². The van der Waals surface area contributed by atoms with Crippen LogP contribution in [0.25, 0.3) is 0 Å². The highest BCUT2D eigenvalue weighted by Gasteiger charge is 2.36. The topological polar surface area (TPSA) is 56.8 Å². The third-order valence-corrected chi connectivity index (χ3v) is 7.98. The normalized spacial score (nSPS) is 22.0. The predicted molar refractivity (Wildman–Crippen MR) is 116 cm³/mol. The van der Waals surface area contributed by atoms with Crippen molar-refractivity contribution in [2.75, 3.05) is 44.7 Å². The first-order valence-corrected chi connectivity index (χ1v) is 11.9. The Morgan fingerprint density at radius 1 is 0.966 bits per heavy atom. The molecule has 4 rings (SSSR count). The van der Waals surface area contributed by atoms with Gasteiger partial charge in [-0.2, -0.15) is 4.31 Å². The third kappa shape index (κ3) is 4.17. The molecule has 2 aliphatic heterocycles. The number of likely N-dealkylation sites (N-methyl/N-ethyl adjacent to an activating group) is 1. The zero-order valence-electron chi connectivity index (χ0n) is 17.3. The fraction of sp³-hybridized carbons (Fsp3) is 0.500. The van der Waals surface area contributed by atoms with Crippen LogP contribution < -0.4 is 4.90 Å². The standard InChI is InChI=1S/C22H30N4O2S/c1-18-8-10-19(11-9-18)29(27,28)26-13-4-3-7-21(26)20-6-5-12-23-22(20)25-16-14-24(2)15-17-25/h5-6,8-12,21H,3-4,7,13-17H2,1-2H3/t21-/m1/s1. The van der Waals surface area contributed by atoms with Crippen LogP contribution >= 0.6 is 0 Å². The van der Waals surface area contributed by atoms with E-state index in [0.717, 1.165) is 62.4 Å². The minimum Gasteiger partial charge on any atom is -0.354 e. The number of hydrogen-bond acceptors (Lipinski definition) is 5. The average molecular weight is 415 g/mol. The molecule has 2 fully saturated rings. The number of sulfonamides is 1. The summed E-state index contributed by atoms with van der Waals surface area (Å²) >= 11 is 0. The lowest BCUT2D eigenvalue weighted by molar-refractivity contribution is 0.254. The molecule has 0 bridgehead atoms. The van der Waals surface area contributed by atoms with Crippen molar-refractivity contribution >= 4 is 15.8 Å². The number of pyridine rings is 1. The van der Waals surface area contributed by atoms with E-state index < -0.39 is 10.0 Å². The quantitative estimate of drug-likeness (QED) is 0.770. The van der Waals surface area contributed by atoms with Gasteiger partial charge in [-0.1, -0.05) is 30.2 Å². The maximum absolute atomic E-state index is 13.5. The predicted octanol–water partition coefficient (Wildman–Crippen LogP) is 3.06. The van der Waals surface area contributed by atoms with Crippen LogP contribution in [0.5, 0.6) is 0 Å². The van der Waals surface area contributed by atoms with Gasteiger partial charge in [-0.3, -0.25) is 0 Å². The van der Waals surface area contributed by atoms with Gasteiger partial charge in [0.05, 0.1) is 10.9 Å². The summed E-state index contributed by atoms with van der Waals surface area (Å²) in [5.41, 5.74) is 2.09. The number of rotatable bonds is 4. The Morgan fingerprint density at radius 2 is 1.69 bits per heavy atom. The monoisotopic (exact) mass is 414 g/mol. The van der Waals surface area contributed by atoms with E-state index in [4.69, 9.17) is 0 Å². The van der Waals surface area contributed by atoms with Crippen molar-refractivity contribution in [1.82, 2.24) is 14.2 Å². The van der Waals surface area contributed by atoms with Gasteiger partial charge in [-0.25, -0.2) is 13.4 Å². The van der Waals surface area contributed by atoms with Crippen molar-refractivity contribution < 1.29 is 8.42 Å². The molecule has 1 aromatic carbocycles. The second kappa shape index (κ2) is 8.42. The largest absolute Gasteiger partial charge is 0.354 e. The molecule has 6 nitrogen and oxygen atoms in total. The number of benzene rings is 1. The highest BCUT2D eigenvalue weighted by atomic mass is 32.2. The van der Waals surface area contributed by atoms with E-state index in [9.17, 15) is 8.42 Å². The number of hydrogen-bond donors (Lipinski definition) is 0. The zero-order valence-corrected chi connectivity index (χ0v) is 18.1. The maximum atomic E-state index is 13.5. The number of aromatic nitrogens is 1. The summed E-state index contributed by atoms with van der Waals surface area (Å²) < 4.78 is 28.7. The summed E-state index contributed by atoms with van der Waals surface area (Å²) in [6.07, 6.45) is 4.57. The molecule has 0 unspecified atom stereocenters. The second-order valence-corrected chi connectivity index (χ2v) is 10.0. The Morgan fingerprint density at radius 3 is 2.41 bits per heavy atom. The molecule has 1 atom stereocenters. The number of aryl methyl sites for hydroxylation is 1. The van der Waals surface area contributed by atoms with Crippen LogP contribution in [0, 0.1) is 6.92 Å². The molecule has 1 aromatic heterocycles. The molecule has 2 aliphatic rings. The first-order valence-electron chi connectivity index (χ1n) is 10.4. The molecule has 0 saturated carbocycles. The van der Waals surface area contributed by atoms with Gasteiger partial charge in [0.2, 0.25) is 10.0 Å². The molecular formula is C22H30N4O2S.